The SMILES string of the molecule is CC(C)CC(=O)N1CCCNC(=O)c2ccc(cc2)Cc2nc(nc(OCC(F)(F)F)n2)NCc2ccc(cc2)OCC1. The van der Waals surface area contributed by atoms with Crippen LogP contribution in [-0.4, -0.2) is 70.7 Å². The van der Waals surface area contributed by atoms with E-state index in [1.807, 2.05) is 26.0 Å². The summed E-state index contributed by atoms with van der Waals surface area (Å²) in [5, 5.41) is 5.90. The summed E-state index contributed by atoms with van der Waals surface area (Å²) < 4.78 is 49.0. The molecule has 2 N–H and O–H groups in total. The van der Waals surface area contributed by atoms with Gasteiger partial charge in [-0.1, -0.05) is 38.1 Å². The number of nitrogens with one attached hydrogen (secondary N) is 2. The third kappa shape index (κ3) is 10.4. The Morgan fingerprint density at radius 3 is 2.42 bits per heavy atom. The number of hydrogen-bond donors (Lipinski definition) is 2. The van der Waals surface area contributed by atoms with Crippen molar-refractivity contribution < 1.29 is 32.2 Å². The highest BCUT2D eigenvalue weighted by Gasteiger charge is 2.29. The Morgan fingerprint density at radius 2 is 1.72 bits per heavy atom. The average Bonchev–Trinajstić information content (AvgIpc) is 2.96. The summed E-state index contributed by atoms with van der Waals surface area (Å²) in [5.41, 5.74) is 2.04. The summed E-state index contributed by atoms with van der Waals surface area (Å²) >= 11 is 0. The molecule has 7 rings (SSSR count). The molecule has 3 aromatic rings. The molecule has 0 saturated heterocycles. The summed E-state index contributed by atoms with van der Waals surface area (Å²) in [5.74, 6) is 0.887. The molecule has 4 aliphatic heterocycles. The third-order valence-corrected chi connectivity index (χ3v) is 6.43. The molecule has 0 saturated carbocycles. The van der Waals surface area contributed by atoms with Crippen molar-refractivity contribution in [1.29, 1.82) is 0 Å². The van der Waals surface area contributed by atoms with E-state index in [2.05, 4.69) is 25.6 Å². The third-order valence-electron chi connectivity index (χ3n) is 6.43. The van der Waals surface area contributed by atoms with Crippen LogP contribution in [0.5, 0.6) is 11.8 Å². The lowest BCUT2D eigenvalue weighted by molar-refractivity contribution is -0.154. The molecule has 0 spiro atoms. The zero-order valence-corrected chi connectivity index (χ0v) is 24.1. The molecule has 5 heterocycles. The van der Waals surface area contributed by atoms with Gasteiger partial charge in [-0.2, -0.15) is 28.1 Å². The van der Waals surface area contributed by atoms with Gasteiger partial charge in [-0.15, -0.1) is 0 Å². The summed E-state index contributed by atoms with van der Waals surface area (Å²) in [6.45, 7) is 4.31. The lowest BCUT2D eigenvalue weighted by Gasteiger charge is -2.24. The monoisotopic (exact) mass is 600 g/mol. The van der Waals surface area contributed by atoms with Crippen molar-refractivity contribution in [2.24, 2.45) is 5.92 Å². The average molecular weight is 601 g/mol. The number of hydrogen-bond acceptors (Lipinski definition) is 8. The fourth-order valence-corrected chi connectivity index (χ4v) is 4.30. The number of aromatic nitrogens is 3. The lowest BCUT2D eigenvalue weighted by atomic mass is 10.1. The van der Waals surface area contributed by atoms with Gasteiger partial charge >= 0.3 is 12.2 Å². The van der Waals surface area contributed by atoms with Crippen LogP contribution < -0.4 is 20.1 Å². The summed E-state index contributed by atoms with van der Waals surface area (Å²) in [6, 6.07) is 13.6. The molecule has 0 unspecified atom stereocenters. The molecule has 43 heavy (non-hydrogen) atoms. The van der Waals surface area contributed by atoms with Gasteiger partial charge in [0.2, 0.25) is 11.9 Å². The van der Waals surface area contributed by atoms with Gasteiger partial charge in [0.15, 0.2) is 6.61 Å². The van der Waals surface area contributed by atoms with Crippen molar-refractivity contribution >= 4 is 17.8 Å². The molecular formula is C30H35F3N6O4. The number of alkyl halides is 3. The van der Waals surface area contributed by atoms with Crippen molar-refractivity contribution in [3.63, 3.8) is 0 Å². The molecule has 2 amide bonds. The second kappa shape index (κ2) is 14.7. The Balaban J connectivity index is 1.55. The van der Waals surface area contributed by atoms with Gasteiger partial charge in [-0.05, 0) is 47.7 Å². The standard InChI is InChI=1S/C30H35F3N6O4/c1-20(2)16-26(40)39-13-3-12-34-27(41)23-8-4-21(5-9-23)17-25-36-28(38-29(37-25)43-19-30(31,32)33)35-18-22-6-10-24(11-7-22)42-15-14-39/h4-11,20H,3,12-19H2,1-2H3,(H,34,41)(H,35,36,37,38). The van der Waals surface area contributed by atoms with E-state index in [9.17, 15) is 22.8 Å². The highest BCUT2D eigenvalue weighted by atomic mass is 19.4. The highest BCUT2D eigenvalue weighted by Crippen LogP contribution is 2.19. The zero-order chi connectivity index (χ0) is 30.8. The van der Waals surface area contributed by atoms with Crippen molar-refractivity contribution in [2.45, 2.75) is 45.8 Å². The van der Waals surface area contributed by atoms with E-state index in [4.69, 9.17) is 9.47 Å². The molecule has 1 aromatic heterocycles. The van der Waals surface area contributed by atoms with Crippen molar-refractivity contribution in [3.8, 4) is 11.8 Å². The Morgan fingerprint density at radius 1 is 1.00 bits per heavy atom. The summed E-state index contributed by atoms with van der Waals surface area (Å²) in [6.07, 6.45) is -3.37. The van der Waals surface area contributed by atoms with Crippen LogP contribution >= 0.6 is 0 Å². The molecule has 0 fully saturated rings. The fraction of sp³-hybridized carbons (Fsp3) is 0.433. The minimum atomic E-state index is -4.55. The number of carbonyl (C=O) groups excluding carboxylic acids is 2. The Bertz CT molecular complexity index is 1370. The first kappa shape index (κ1) is 31.5. The molecule has 4 aliphatic rings. The molecule has 0 atom stereocenters. The van der Waals surface area contributed by atoms with Crippen molar-refractivity contribution in [3.05, 3.63) is 71.0 Å². The predicted octanol–water partition coefficient (Wildman–Crippen LogP) is 4.40. The number of rotatable bonds is 4. The Labute approximate surface area is 248 Å². The quantitative estimate of drug-likeness (QED) is 0.453. The van der Waals surface area contributed by atoms with Gasteiger partial charge in [-0.3, -0.25) is 9.59 Å². The van der Waals surface area contributed by atoms with Gasteiger partial charge in [0.1, 0.15) is 18.2 Å². The molecule has 0 radical (unpaired) electrons. The second-order valence-electron chi connectivity index (χ2n) is 10.6. The van der Waals surface area contributed by atoms with E-state index in [-0.39, 0.29) is 42.5 Å². The predicted molar refractivity (Wildman–Crippen MR) is 153 cm³/mol. The van der Waals surface area contributed by atoms with E-state index in [0.717, 1.165) is 11.1 Å². The Hall–Kier alpha value is -4.42. The number of halogens is 3. The Kier molecular flexibility index (Phi) is 10.7. The molecule has 10 nitrogen and oxygen atoms in total. The first-order chi connectivity index (χ1) is 20.5. The van der Waals surface area contributed by atoms with E-state index in [1.54, 1.807) is 41.3 Å². The fourth-order valence-electron chi connectivity index (χ4n) is 4.30. The van der Waals surface area contributed by atoms with E-state index < -0.39 is 18.8 Å². The number of ether oxygens (including phenoxy) is 2. The van der Waals surface area contributed by atoms with Crippen LogP contribution in [0.4, 0.5) is 19.1 Å². The van der Waals surface area contributed by atoms with Crippen LogP contribution in [0.25, 0.3) is 0 Å². The van der Waals surface area contributed by atoms with Crippen LogP contribution in [0, 0.1) is 5.92 Å². The number of benzene rings is 2. The van der Waals surface area contributed by atoms with E-state index in [1.165, 1.54) is 0 Å². The van der Waals surface area contributed by atoms with E-state index in [0.29, 0.717) is 50.4 Å². The molecule has 230 valence electrons. The minimum absolute atomic E-state index is 0.0415. The second-order valence-corrected chi connectivity index (χ2v) is 10.6. The largest absolute Gasteiger partial charge is 0.492 e. The highest BCUT2D eigenvalue weighted by molar-refractivity contribution is 5.94. The van der Waals surface area contributed by atoms with Crippen LogP contribution in [0.3, 0.4) is 0 Å². The summed E-state index contributed by atoms with van der Waals surface area (Å²) in [7, 11) is 0. The van der Waals surface area contributed by atoms with Crippen LogP contribution in [0.15, 0.2) is 48.5 Å². The number of carbonyl (C=O) groups is 2. The van der Waals surface area contributed by atoms with Gasteiger partial charge in [0.25, 0.3) is 5.91 Å². The number of anilines is 1. The topological polar surface area (TPSA) is 119 Å². The molecular weight excluding hydrogens is 565 g/mol. The van der Waals surface area contributed by atoms with Crippen molar-refractivity contribution in [1.82, 2.24) is 25.2 Å². The van der Waals surface area contributed by atoms with Gasteiger partial charge in [-0.25, -0.2) is 0 Å². The number of amides is 2. The maximum Gasteiger partial charge on any atom is 0.422 e. The van der Waals surface area contributed by atoms with Gasteiger partial charge < -0.3 is 25.0 Å². The first-order valence-corrected chi connectivity index (χ1v) is 14.1. The lowest BCUT2D eigenvalue weighted by Crippen LogP contribution is -2.37. The molecule has 0 aliphatic carbocycles. The maximum absolute atomic E-state index is 12.8. The molecule has 6 bridgehead atoms. The summed E-state index contributed by atoms with van der Waals surface area (Å²) in [4.78, 5) is 39.7. The van der Waals surface area contributed by atoms with Gasteiger partial charge in [0.05, 0.1) is 6.54 Å². The minimum Gasteiger partial charge on any atom is -0.492 e. The van der Waals surface area contributed by atoms with Crippen molar-refractivity contribution in [2.75, 3.05) is 38.2 Å². The maximum atomic E-state index is 12.8. The van der Waals surface area contributed by atoms with Crippen LogP contribution in [0.2, 0.25) is 0 Å². The normalized spacial score (nSPS) is 15.0. The van der Waals surface area contributed by atoms with Crippen LogP contribution in [0.1, 0.15) is 54.0 Å². The van der Waals surface area contributed by atoms with Gasteiger partial charge in [0, 0.05) is 38.0 Å². The van der Waals surface area contributed by atoms with E-state index >= 15 is 0 Å². The smallest absolute Gasteiger partial charge is 0.422 e. The molecule has 13 heteroatoms. The molecule has 2 aromatic carbocycles. The first-order valence-electron chi connectivity index (χ1n) is 14.1. The number of nitrogens with zero attached hydrogens (tertiary/aromatic N) is 4. The zero-order valence-electron chi connectivity index (χ0n) is 24.1. The van der Waals surface area contributed by atoms with Crippen LogP contribution in [-0.2, 0) is 17.8 Å².